The molecule has 0 amide bonds. The van der Waals surface area contributed by atoms with Crippen LogP contribution >= 0.6 is 23.4 Å². The maximum Gasteiger partial charge on any atom is 0.102 e. The van der Waals surface area contributed by atoms with Crippen molar-refractivity contribution in [3.63, 3.8) is 0 Å². The van der Waals surface area contributed by atoms with E-state index < -0.39 is 0 Å². The lowest BCUT2D eigenvalue weighted by Gasteiger charge is -2.07. The van der Waals surface area contributed by atoms with Gasteiger partial charge in [-0.25, -0.2) is 4.98 Å². The van der Waals surface area contributed by atoms with Crippen LogP contribution in [0.25, 0.3) is 10.9 Å². The molecule has 1 heterocycles. The number of rotatable bonds is 2. The van der Waals surface area contributed by atoms with Crippen molar-refractivity contribution in [3.05, 3.63) is 64.7 Å². The summed E-state index contributed by atoms with van der Waals surface area (Å²) in [4.78, 5) is 5.90. The highest BCUT2D eigenvalue weighted by Crippen LogP contribution is 2.30. The number of aromatic nitrogens is 1. The fourth-order valence-electron chi connectivity index (χ4n) is 2.11. The van der Waals surface area contributed by atoms with E-state index in [9.17, 15) is 0 Å². The summed E-state index contributed by atoms with van der Waals surface area (Å²) < 4.78 is 0. The highest BCUT2D eigenvalue weighted by Gasteiger charge is 2.05. The first-order valence-electron chi connectivity index (χ1n) is 6.43. The zero-order chi connectivity index (χ0) is 14.1. The third-order valence-electron chi connectivity index (χ3n) is 3.20. The Kier molecular flexibility index (Phi) is 3.68. The molecule has 0 N–H and O–H groups in total. The minimum absolute atomic E-state index is 0.751. The van der Waals surface area contributed by atoms with E-state index in [-0.39, 0.29) is 0 Å². The molecule has 0 spiro atoms. The van der Waals surface area contributed by atoms with Crippen LogP contribution in [0.3, 0.4) is 0 Å². The van der Waals surface area contributed by atoms with Crippen molar-refractivity contribution < 1.29 is 0 Å². The van der Waals surface area contributed by atoms with Crippen molar-refractivity contribution in [3.8, 4) is 0 Å². The first-order valence-corrected chi connectivity index (χ1v) is 7.63. The van der Waals surface area contributed by atoms with E-state index in [0.29, 0.717) is 0 Å². The number of hydrogen-bond donors (Lipinski definition) is 0. The molecule has 100 valence electrons. The molecule has 3 aromatic rings. The summed E-state index contributed by atoms with van der Waals surface area (Å²) in [5.74, 6) is 0. The molecule has 0 fully saturated rings. The molecule has 0 aliphatic rings. The van der Waals surface area contributed by atoms with Crippen LogP contribution in [0.2, 0.25) is 5.02 Å². The number of aryl methyl sites for hydroxylation is 2. The van der Waals surface area contributed by atoms with Crippen molar-refractivity contribution in [2.45, 2.75) is 23.8 Å². The number of fused-ring (bicyclic) bond motifs is 1. The third-order valence-corrected chi connectivity index (χ3v) is 4.36. The van der Waals surface area contributed by atoms with Crippen LogP contribution in [0.1, 0.15) is 11.1 Å². The predicted octanol–water partition coefficient (Wildman–Crippen LogP) is 5.66. The minimum Gasteiger partial charge on any atom is -0.241 e. The Balaban J connectivity index is 2.00. The van der Waals surface area contributed by atoms with Gasteiger partial charge in [0.2, 0.25) is 0 Å². The standard InChI is InChI=1S/C17H14ClNS/c1-11-3-6-14(7-4-11)20-17-9-12(2)15-10-13(18)5-8-16(15)19-17/h3-10H,1-2H3. The Morgan fingerprint density at radius 1 is 0.950 bits per heavy atom. The van der Waals surface area contributed by atoms with Crippen LogP contribution < -0.4 is 0 Å². The molecule has 0 saturated heterocycles. The van der Waals surface area contributed by atoms with E-state index in [1.807, 2.05) is 18.2 Å². The summed E-state index contributed by atoms with van der Waals surface area (Å²) in [6.45, 7) is 4.19. The van der Waals surface area contributed by atoms with Crippen molar-refractivity contribution in [1.82, 2.24) is 4.98 Å². The van der Waals surface area contributed by atoms with Gasteiger partial charge >= 0.3 is 0 Å². The number of benzene rings is 2. The molecule has 0 aliphatic heterocycles. The van der Waals surface area contributed by atoms with Gasteiger partial charge in [0.15, 0.2) is 0 Å². The van der Waals surface area contributed by atoms with Gasteiger partial charge in [0, 0.05) is 15.3 Å². The molecule has 0 bridgehead atoms. The Bertz CT molecular complexity index is 766. The van der Waals surface area contributed by atoms with Gasteiger partial charge in [0.05, 0.1) is 5.52 Å². The van der Waals surface area contributed by atoms with Gasteiger partial charge in [-0.15, -0.1) is 0 Å². The fraction of sp³-hybridized carbons (Fsp3) is 0.118. The van der Waals surface area contributed by atoms with Crippen LogP contribution in [0, 0.1) is 13.8 Å². The van der Waals surface area contributed by atoms with Crippen LogP contribution in [0.5, 0.6) is 0 Å². The normalized spacial score (nSPS) is 10.9. The van der Waals surface area contributed by atoms with Gasteiger partial charge in [-0.1, -0.05) is 41.1 Å². The van der Waals surface area contributed by atoms with Crippen LogP contribution in [-0.2, 0) is 0 Å². The zero-order valence-corrected chi connectivity index (χ0v) is 12.9. The van der Waals surface area contributed by atoms with E-state index in [1.165, 1.54) is 16.0 Å². The van der Waals surface area contributed by atoms with Gasteiger partial charge in [0.25, 0.3) is 0 Å². The smallest absolute Gasteiger partial charge is 0.102 e. The summed E-state index contributed by atoms with van der Waals surface area (Å²) in [5, 5.41) is 2.88. The molecule has 0 radical (unpaired) electrons. The molecule has 2 aromatic carbocycles. The van der Waals surface area contributed by atoms with Gasteiger partial charge in [-0.3, -0.25) is 0 Å². The van der Waals surface area contributed by atoms with Gasteiger partial charge in [0.1, 0.15) is 5.03 Å². The largest absolute Gasteiger partial charge is 0.241 e. The van der Waals surface area contributed by atoms with Gasteiger partial charge in [-0.05, 0) is 55.8 Å². The quantitative estimate of drug-likeness (QED) is 0.606. The van der Waals surface area contributed by atoms with E-state index in [4.69, 9.17) is 16.6 Å². The molecule has 0 saturated carbocycles. The first-order chi connectivity index (χ1) is 9.61. The summed E-state index contributed by atoms with van der Waals surface area (Å²) in [5.41, 5.74) is 3.46. The molecule has 0 unspecified atom stereocenters. The lowest BCUT2D eigenvalue weighted by atomic mass is 10.1. The molecular formula is C17H14ClNS. The Hall–Kier alpha value is -1.51. The number of pyridine rings is 1. The monoisotopic (exact) mass is 299 g/mol. The number of nitrogens with zero attached hydrogens (tertiary/aromatic N) is 1. The molecule has 0 aliphatic carbocycles. The van der Waals surface area contributed by atoms with Crippen molar-refractivity contribution in [2.24, 2.45) is 0 Å². The van der Waals surface area contributed by atoms with Crippen molar-refractivity contribution in [2.75, 3.05) is 0 Å². The van der Waals surface area contributed by atoms with E-state index in [2.05, 4.69) is 44.2 Å². The second-order valence-corrected chi connectivity index (χ2v) is 6.38. The predicted molar refractivity (Wildman–Crippen MR) is 86.8 cm³/mol. The Morgan fingerprint density at radius 3 is 2.45 bits per heavy atom. The van der Waals surface area contributed by atoms with E-state index >= 15 is 0 Å². The summed E-state index contributed by atoms with van der Waals surface area (Å²) in [7, 11) is 0. The molecule has 3 heteroatoms. The minimum atomic E-state index is 0.751. The van der Waals surface area contributed by atoms with Crippen LogP contribution in [0.15, 0.2) is 58.5 Å². The first kappa shape index (κ1) is 13.5. The number of halogens is 1. The third kappa shape index (κ3) is 2.82. The molecular weight excluding hydrogens is 286 g/mol. The van der Waals surface area contributed by atoms with Crippen molar-refractivity contribution in [1.29, 1.82) is 0 Å². The summed E-state index contributed by atoms with van der Waals surface area (Å²) in [6, 6.07) is 16.4. The second kappa shape index (κ2) is 5.47. The molecule has 1 nitrogen and oxygen atoms in total. The van der Waals surface area contributed by atoms with E-state index in [1.54, 1.807) is 11.8 Å². The maximum absolute atomic E-state index is 6.04. The lowest BCUT2D eigenvalue weighted by molar-refractivity contribution is 1.16. The van der Waals surface area contributed by atoms with Crippen LogP contribution in [-0.4, -0.2) is 4.98 Å². The average molecular weight is 300 g/mol. The molecule has 1 aromatic heterocycles. The van der Waals surface area contributed by atoms with Crippen LogP contribution in [0.4, 0.5) is 0 Å². The maximum atomic E-state index is 6.04. The van der Waals surface area contributed by atoms with Gasteiger partial charge < -0.3 is 0 Å². The zero-order valence-electron chi connectivity index (χ0n) is 11.4. The topological polar surface area (TPSA) is 12.9 Å². The highest BCUT2D eigenvalue weighted by atomic mass is 35.5. The molecule has 0 atom stereocenters. The summed E-state index contributed by atoms with van der Waals surface area (Å²) in [6.07, 6.45) is 0. The van der Waals surface area contributed by atoms with Crippen molar-refractivity contribution >= 4 is 34.3 Å². The Morgan fingerprint density at radius 2 is 1.70 bits per heavy atom. The Labute approximate surface area is 128 Å². The lowest BCUT2D eigenvalue weighted by Crippen LogP contribution is -1.87. The second-order valence-electron chi connectivity index (χ2n) is 4.85. The summed E-state index contributed by atoms with van der Waals surface area (Å²) >= 11 is 7.73. The highest BCUT2D eigenvalue weighted by molar-refractivity contribution is 7.99. The van der Waals surface area contributed by atoms with Gasteiger partial charge in [-0.2, -0.15) is 0 Å². The number of hydrogen-bond acceptors (Lipinski definition) is 2. The fourth-order valence-corrected chi connectivity index (χ4v) is 3.18. The van der Waals surface area contributed by atoms with E-state index in [0.717, 1.165) is 21.0 Å². The average Bonchev–Trinajstić information content (AvgIpc) is 2.42. The molecule has 3 rings (SSSR count). The SMILES string of the molecule is Cc1ccc(Sc2cc(C)c3cc(Cl)ccc3n2)cc1. The molecule has 20 heavy (non-hydrogen) atoms.